The molecule has 2 aromatic rings. The molecule has 0 saturated heterocycles. The van der Waals surface area contributed by atoms with Gasteiger partial charge in [0, 0.05) is 0 Å². The third-order valence-corrected chi connectivity index (χ3v) is 4.03. The van der Waals surface area contributed by atoms with E-state index >= 15 is 0 Å². The van der Waals surface area contributed by atoms with Crippen LogP contribution in [0, 0.1) is 5.92 Å². The molecule has 1 aliphatic carbocycles. The third-order valence-electron chi connectivity index (χ3n) is 4.03. The Labute approximate surface area is 103 Å². The average molecular weight is 222 g/mol. The first-order valence-electron chi connectivity index (χ1n) is 6.50. The molecule has 0 heterocycles. The lowest BCUT2D eigenvalue weighted by molar-refractivity contribution is 0.647. The zero-order valence-corrected chi connectivity index (χ0v) is 10.5. The highest BCUT2D eigenvalue weighted by Gasteiger charge is 2.17. The third kappa shape index (κ3) is 1.68. The van der Waals surface area contributed by atoms with E-state index in [9.17, 15) is 0 Å². The molecule has 0 N–H and O–H groups in total. The van der Waals surface area contributed by atoms with Crippen molar-refractivity contribution in [2.75, 3.05) is 0 Å². The Balaban J connectivity index is 2.16. The first-order valence-corrected chi connectivity index (χ1v) is 6.50. The second-order valence-corrected chi connectivity index (χ2v) is 5.06. The van der Waals surface area contributed by atoms with E-state index in [1.165, 1.54) is 28.3 Å². The molecule has 0 heteroatoms. The van der Waals surface area contributed by atoms with Gasteiger partial charge < -0.3 is 0 Å². The molecule has 0 amide bonds. The Morgan fingerprint density at radius 1 is 1.12 bits per heavy atom. The summed E-state index contributed by atoms with van der Waals surface area (Å²) >= 11 is 0. The molecule has 2 aromatic carbocycles. The zero-order valence-electron chi connectivity index (χ0n) is 10.5. The standard InChI is InChI=1S/C17H18/c1-3-12(2)15-10-14-9-8-13-6-4-5-7-16(13)17(14)11-15/h4-9,11-12H,3,10H2,1-2H3. The summed E-state index contributed by atoms with van der Waals surface area (Å²) < 4.78 is 0. The second-order valence-electron chi connectivity index (χ2n) is 5.06. The largest absolute Gasteiger partial charge is 0.0648 e. The molecule has 86 valence electrons. The maximum Gasteiger partial charge on any atom is -0.00549 e. The van der Waals surface area contributed by atoms with Crippen LogP contribution in [0.4, 0.5) is 0 Å². The summed E-state index contributed by atoms with van der Waals surface area (Å²) in [5, 5.41) is 2.76. The lowest BCUT2D eigenvalue weighted by Gasteiger charge is -2.08. The minimum atomic E-state index is 0.709. The van der Waals surface area contributed by atoms with Crippen LogP contribution in [0.25, 0.3) is 16.8 Å². The highest BCUT2D eigenvalue weighted by atomic mass is 14.2. The van der Waals surface area contributed by atoms with E-state index in [0.717, 1.165) is 6.42 Å². The molecule has 17 heavy (non-hydrogen) atoms. The summed E-state index contributed by atoms with van der Waals surface area (Å²) in [7, 11) is 0. The molecule has 0 aromatic heterocycles. The summed E-state index contributed by atoms with van der Waals surface area (Å²) in [6.45, 7) is 4.60. The van der Waals surface area contributed by atoms with Crippen LogP contribution in [0.1, 0.15) is 31.4 Å². The van der Waals surface area contributed by atoms with Crippen molar-refractivity contribution in [1.82, 2.24) is 0 Å². The summed E-state index contributed by atoms with van der Waals surface area (Å²) in [6.07, 6.45) is 4.80. The topological polar surface area (TPSA) is 0 Å². The van der Waals surface area contributed by atoms with Crippen LogP contribution in [0.5, 0.6) is 0 Å². The Hall–Kier alpha value is -1.56. The van der Waals surface area contributed by atoms with Crippen molar-refractivity contribution in [3.8, 4) is 0 Å². The Kier molecular flexibility index (Phi) is 2.51. The first-order chi connectivity index (χ1) is 8.29. The Morgan fingerprint density at radius 3 is 2.76 bits per heavy atom. The fourth-order valence-corrected chi connectivity index (χ4v) is 2.70. The van der Waals surface area contributed by atoms with Gasteiger partial charge in [-0.15, -0.1) is 0 Å². The van der Waals surface area contributed by atoms with Crippen molar-refractivity contribution < 1.29 is 0 Å². The SMILES string of the molecule is CCC(C)C1=Cc2c(ccc3ccccc23)C1. The molecule has 1 atom stereocenters. The van der Waals surface area contributed by atoms with Gasteiger partial charge in [0.15, 0.2) is 0 Å². The van der Waals surface area contributed by atoms with E-state index < -0.39 is 0 Å². The second kappa shape index (κ2) is 4.03. The Bertz CT molecular complexity index is 590. The normalized spacial score (nSPS) is 15.8. The summed E-state index contributed by atoms with van der Waals surface area (Å²) in [6, 6.07) is 13.2. The van der Waals surface area contributed by atoms with Crippen molar-refractivity contribution in [2.45, 2.75) is 26.7 Å². The maximum absolute atomic E-state index is 2.42. The van der Waals surface area contributed by atoms with E-state index in [0.29, 0.717) is 5.92 Å². The number of allylic oxidation sites excluding steroid dienone is 1. The van der Waals surface area contributed by atoms with Gasteiger partial charge in [-0.2, -0.15) is 0 Å². The van der Waals surface area contributed by atoms with E-state index in [-0.39, 0.29) is 0 Å². The van der Waals surface area contributed by atoms with Crippen LogP contribution in [0.15, 0.2) is 42.0 Å². The van der Waals surface area contributed by atoms with E-state index in [1.807, 2.05) is 0 Å². The van der Waals surface area contributed by atoms with Crippen molar-refractivity contribution in [2.24, 2.45) is 5.92 Å². The quantitative estimate of drug-likeness (QED) is 0.683. The van der Waals surface area contributed by atoms with E-state index in [4.69, 9.17) is 0 Å². The van der Waals surface area contributed by atoms with E-state index in [1.54, 1.807) is 5.57 Å². The fourth-order valence-electron chi connectivity index (χ4n) is 2.70. The highest BCUT2D eigenvalue weighted by Crippen LogP contribution is 2.35. The van der Waals surface area contributed by atoms with Crippen LogP contribution < -0.4 is 0 Å². The van der Waals surface area contributed by atoms with Crippen molar-refractivity contribution in [3.63, 3.8) is 0 Å². The van der Waals surface area contributed by atoms with E-state index in [2.05, 4.69) is 56.3 Å². The lowest BCUT2D eigenvalue weighted by atomic mass is 9.97. The van der Waals surface area contributed by atoms with Gasteiger partial charge in [0.2, 0.25) is 0 Å². The molecule has 0 nitrogen and oxygen atoms in total. The van der Waals surface area contributed by atoms with Crippen LogP contribution in [0.2, 0.25) is 0 Å². The molecule has 0 spiro atoms. The summed E-state index contributed by atoms with van der Waals surface area (Å²) in [5.41, 5.74) is 4.55. The number of hydrogen-bond acceptors (Lipinski definition) is 0. The average Bonchev–Trinajstić information content (AvgIpc) is 2.82. The van der Waals surface area contributed by atoms with Gasteiger partial charge >= 0.3 is 0 Å². The van der Waals surface area contributed by atoms with Gasteiger partial charge in [-0.1, -0.05) is 61.9 Å². The predicted molar refractivity (Wildman–Crippen MR) is 75.1 cm³/mol. The van der Waals surface area contributed by atoms with Gasteiger partial charge in [-0.25, -0.2) is 0 Å². The number of benzene rings is 2. The zero-order chi connectivity index (χ0) is 11.8. The van der Waals surface area contributed by atoms with Gasteiger partial charge in [0.05, 0.1) is 0 Å². The van der Waals surface area contributed by atoms with Crippen LogP contribution in [-0.4, -0.2) is 0 Å². The van der Waals surface area contributed by atoms with Gasteiger partial charge in [-0.3, -0.25) is 0 Å². The number of fused-ring (bicyclic) bond motifs is 3. The summed E-state index contributed by atoms with van der Waals surface area (Å²) in [5.74, 6) is 0.709. The van der Waals surface area contributed by atoms with Crippen LogP contribution in [-0.2, 0) is 6.42 Å². The fraction of sp³-hybridized carbons (Fsp3) is 0.294. The van der Waals surface area contributed by atoms with Crippen LogP contribution in [0.3, 0.4) is 0 Å². The minimum absolute atomic E-state index is 0.709. The van der Waals surface area contributed by atoms with Gasteiger partial charge in [0.25, 0.3) is 0 Å². The number of rotatable bonds is 2. The first kappa shape index (κ1) is 10.6. The molecular formula is C17H18. The van der Waals surface area contributed by atoms with Crippen LogP contribution >= 0.6 is 0 Å². The van der Waals surface area contributed by atoms with Gasteiger partial charge in [-0.05, 0) is 40.7 Å². The highest BCUT2D eigenvalue weighted by molar-refractivity contribution is 5.93. The van der Waals surface area contributed by atoms with Crippen molar-refractivity contribution in [3.05, 3.63) is 53.1 Å². The molecule has 3 rings (SSSR count). The smallest absolute Gasteiger partial charge is 0.00549 e. The predicted octanol–water partition coefficient (Wildman–Crippen LogP) is 4.83. The lowest BCUT2D eigenvalue weighted by Crippen LogP contribution is -1.96. The molecule has 1 unspecified atom stereocenters. The minimum Gasteiger partial charge on any atom is -0.0648 e. The van der Waals surface area contributed by atoms with Crippen molar-refractivity contribution >= 4 is 16.8 Å². The summed E-state index contributed by atoms with van der Waals surface area (Å²) in [4.78, 5) is 0. The van der Waals surface area contributed by atoms with Gasteiger partial charge in [0.1, 0.15) is 0 Å². The number of hydrogen-bond donors (Lipinski definition) is 0. The molecule has 0 saturated carbocycles. The molecule has 0 fully saturated rings. The molecule has 0 radical (unpaired) electrons. The molecule has 1 aliphatic rings. The molecule has 0 bridgehead atoms. The monoisotopic (exact) mass is 222 g/mol. The Morgan fingerprint density at radius 2 is 1.94 bits per heavy atom. The van der Waals surface area contributed by atoms with Crippen molar-refractivity contribution in [1.29, 1.82) is 0 Å². The molecule has 0 aliphatic heterocycles. The maximum atomic E-state index is 2.42. The molecular weight excluding hydrogens is 204 g/mol.